The smallest absolute Gasteiger partial charge is 0.258 e. The van der Waals surface area contributed by atoms with Crippen molar-refractivity contribution in [3.05, 3.63) is 42.6 Å². The van der Waals surface area contributed by atoms with Crippen molar-refractivity contribution in [1.29, 1.82) is 0 Å². The van der Waals surface area contributed by atoms with E-state index in [0.717, 1.165) is 53.1 Å². The van der Waals surface area contributed by atoms with Gasteiger partial charge in [0.15, 0.2) is 0 Å². The van der Waals surface area contributed by atoms with Gasteiger partial charge < -0.3 is 20.5 Å². The third kappa shape index (κ3) is 3.18. The molecular weight excluding hydrogens is 434 g/mol. The first-order valence-electron chi connectivity index (χ1n) is 12.2. The third-order valence-corrected chi connectivity index (χ3v) is 8.51. The molecule has 3 N–H and O–H groups in total. The molecule has 1 aromatic carbocycles. The third-order valence-electron chi connectivity index (χ3n) is 8.51. The summed E-state index contributed by atoms with van der Waals surface area (Å²) < 4.78 is 27.2. The fourth-order valence-corrected chi connectivity index (χ4v) is 5.94. The van der Waals surface area contributed by atoms with Crippen LogP contribution in [0.5, 0.6) is 0 Å². The zero-order valence-electron chi connectivity index (χ0n) is 19.0. The summed E-state index contributed by atoms with van der Waals surface area (Å²) in [5, 5.41) is 0. The Bertz CT molecular complexity index is 1240. The summed E-state index contributed by atoms with van der Waals surface area (Å²) in [5.74, 6) is -2.01. The Morgan fingerprint density at radius 1 is 0.971 bits per heavy atom. The largest absolute Gasteiger partial charge is 0.399 e. The fourth-order valence-electron chi connectivity index (χ4n) is 5.94. The quantitative estimate of drug-likeness (QED) is 0.545. The molecule has 8 heteroatoms. The number of anilines is 3. The zero-order valence-corrected chi connectivity index (χ0v) is 19.0. The maximum absolute atomic E-state index is 13.6. The normalized spacial score (nSPS) is 26.1. The van der Waals surface area contributed by atoms with Crippen LogP contribution in [0.3, 0.4) is 0 Å². The molecule has 2 aromatic heterocycles. The van der Waals surface area contributed by atoms with Crippen molar-refractivity contribution in [2.75, 3.05) is 41.7 Å². The number of nitrogens with one attached hydrogen (secondary N) is 1. The number of pyridine rings is 1. The predicted molar refractivity (Wildman–Crippen MR) is 129 cm³/mol. The first-order valence-corrected chi connectivity index (χ1v) is 12.2. The molecule has 2 saturated carbocycles. The van der Waals surface area contributed by atoms with Crippen LogP contribution in [0.2, 0.25) is 0 Å². The van der Waals surface area contributed by atoms with E-state index in [2.05, 4.69) is 20.9 Å². The Hall–Kier alpha value is -3.16. The predicted octanol–water partition coefficient (Wildman–Crippen LogP) is 4.80. The van der Waals surface area contributed by atoms with Crippen molar-refractivity contribution in [3.8, 4) is 22.8 Å². The molecule has 3 aromatic rings. The summed E-state index contributed by atoms with van der Waals surface area (Å²) >= 11 is 0. The van der Waals surface area contributed by atoms with Gasteiger partial charge in [-0.2, -0.15) is 0 Å². The number of aromatic amines is 1. The van der Waals surface area contributed by atoms with Crippen LogP contribution in [0, 0.1) is 17.3 Å². The topological polar surface area (TPSA) is 74.1 Å². The van der Waals surface area contributed by atoms with Crippen molar-refractivity contribution in [2.45, 2.75) is 31.6 Å². The van der Waals surface area contributed by atoms with Crippen molar-refractivity contribution in [2.24, 2.45) is 17.3 Å². The minimum Gasteiger partial charge on any atom is -0.399 e. The summed E-state index contributed by atoms with van der Waals surface area (Å²) in [5.41, 5.74) is 11.2. The molecule has 7 rings (SSSR count). The average Bonchev–Trinajstić information content (AvgIpc) is 3.46. The lowest BCUT2D eigenvalue weighted by molar-refractivity contribution is 0.0797. The maximum Gasteiger partial charge on any atom is 0.258 e. The number of rotatable bonds is 4. The van der Waals surface area contributed by atoms with E-state index in [4.69, 9.17) is 10.7 Å². The molecular formula is C26H28F2N6. The second-order valence-corrected chi connectivity index (χ2v) is 10.6. The first-order chi connectivity index (χ1) is 16.4. The number of hydrogen-bond donors (Lipinski definition) is 2. The highest BCUT2D eigenvalue weighted by molar-refractivity contribution is 5.79. The van der Waals surface area contributed by atoms with Gasteiger partial charge in [-0.3, -0.25) is 0 Å². The minimum absolute atomic E-state index is 0.369. The monoisotopic (exact) mass is 462 g/mol. The number of nitrogens with zero attached hydrogens (tertiary/aromatic N) is 4. The maximum atomic E-state index is 13.6. The molecule has 34 heavy (non-hydrogen) atoms. The number of H-pyrrole nitrogens is 1. The lowest BCUT2D eigenvalue weighted by Crippen LogP contribution is -2.34. The first kappa shape index (κ1) is 20.2. The number of nitrogen functional groups attached to an aromatic ring is 1. The lowest BCUT2D eigenvalue weighted by atomic mass is 9.93. The molecule has 1 spiro atoms. The average molecular weight is 463 g/mol. The number of benzene rings is 1. The molecule has 2 unspecified atom stereocenters. The van der Waals surface area contributed by atoms with Gasteiger partial charge in [-0.25, -0.2) is 18.7 Å². The Morgan fingerprint density at radius 3 is 2.47 bits per heavy atom. The number of piperidine rings is 2. The van der Waals surface area contributed by atoms with Crippen LogP contribution in [0.1, 0.15) is 25.7 Å². The zero-order chi connectivity index (χ0) is 23.1. The Kier molecular flexibility index (Phi) is 4.12. The minimum atomic E-state index is -2.49. The van der Waals surface area contributed by atoms with Crippen molar-refractivity contribution in [3.63, 3.8) is 0 Å². The molecule has 2 aliphatic carbocycles. The van der Waals surface area contributed by atoms with Crippen LogP contribution in [0.4, 0.5) is 26.0 Å². The number of nitrogens with two attached hydrogens (primary N) is 1. The summed E-state index contributed by atoms with van der Waals surface area (Å²) in [4.78, 5) is 17.3. The van der Waals surface area contributed by atoms with Crippen molar-refractivity contribution in [1.82, 2.24) is 15.0 Å². The van der Waals surface area contributed by atoms with Gasteiger partial charge >= 0.3 is 0 Å². The van der Waals surface area contributed by atoms with Crippen LogP contribution < -0.4 is 15.5 Å². The molecule has 4 aliphatic rings. The molecule has 6 nitrogen and oxygen atoms in total. The standard InChI is InChI=1S/C26H28F2N6/c27-26(28)18-14-34(15-19(18)26)23-3-1-2-20(31-23)21-13-30-24(32-21)17-5-4-16(29)12-22(17)33-10-8-25(6-7-25)9-11-33/h1-5,12-13,18-19H,6-11,14-15,29H2,(H,30,32). The van der Waals surface area contributed by atoms with Gasteiger partial charge in [0.25, 0.3) is 5.92 Å². The number of fused-ring (bicyclic) bond motifs is 1. The number of alkyl halides is 2. The molecule has 2 atom stereocenters. The van der Waals surface area contributed by atoms with Crippen LogP contribution in [-0.2, 0) is 0 Å². The lowest BCUT2D eigenvalue weighted by Gasteiger charge is -2.35. The molecule has 2 aliphatic heterocycles. The van der Waals surface area contributed by atoms with Crippen LogP contribution in [-0.4, -0.2) is 47.1 Å². The highest BCUT2D eigenvalue weighted by Crippen LogP contribution is 2.59. The van der Waals surface area contributed by atoms with E-state index in [9.17, 15) is 8.78 Å². The SMILES string of the molecule is Nc1ccc(-c2ncc(-c3cccc(N4CC5C(C4)C5(F)F)n3)[nH]2)c(N2CCC3(CC2)CC3)c1. The highest BCUT2D eigenvalue weighted by atomic mass is 19.3. The van der Waals surface area contributed by atoms with E-state index in [1.54, 1.807) is 6.20 Å². The molecule has 4 heterocycles. The van der Waals surface area contributed by atoms with Crippen molar-refractivity contribution >= 4 is 17.2 Å². The van der Waals surface area contributed by atoms with Crippen LogP contribution in [0.15, 0.2) is 42.6 Å². The van der Waals surface area contributed by atoms with E-state index in [0.29, 0.717) is 18.5 Å². The molecule has 0 bridgehead atoms. The van der Waals surface area contributed by atoms with Gasteiger partial charge in [0.1, 0.15) is 11.6 Å². The van der Waals surface area contributed by atoms with Gasteiger partial charge in [0.2, 0.25) is 0 Å². The van der Waals surface area contributed by atoms with Gasteiger partial charge in [0, 0.05) is 43.1 Å². The number of halogens is 2. The molecule has 4 fully saturated rings. The van der Waals surface area contributed by atoms with E-state index in [1.165, 1.54) is 25.7 Å². The molecule has 2 saturated heterocycles. The van der Waals surface area contributed by atoms with E-state index >= 15 is 0 Å². The summed E-state index contributed by atoms with van der Waals surface area (Å²) in [6.45, 7) is 2.83. The summed E-state index contributed by atoms with van der Waals surface area (Å²) in [6, 6.07) is 11.8. The Balaban J connectivity index is 1.15. The number of imidazole rings is 1. The van der Waals surface area contributed by atoms with Crippen LogP contribution in [0.25, 0.3) is 22.8 Å². The van der Waals surface area contributed by atoms with E-state index in [-0.39, 0.29) is 0 Å². The molecule has 0 radical (unpaired) electrons. The van der Waals surface area contributed by atoms with Gasteiger partial charge in [0.05, 0.1) is 29.4 Å². The van der Waals surface area contributed by atoms with Gasteiger partial charge in [-0.1, -0.05) is 6.07 Å². The summed E-state index contributed by atoms with van der Waals surface area (Å²) in [7, 11) is 0. The van der Waals surface area contributed by atoms with Crippen LogP contribution >= 0.6 is 0 Å². The summed E-state index contributed by atoms with van der Waals surface area (Å²) in [6.07, 6.45) is 7.03. The van der Waals surface area contributed by atoms with E-state index < -0.39 is 17.8 Å². The Morgan fingerprint density at radius 2 is 1.74 bits per heavy atom. The second kappa shape index (κ2) is 6.93. The second-order valence-electron chi connectivity index (χ2n) is 10.6. The number of hydrogen-bond acceptors (Lipinski definition) is 5. The van der Waals surface area contributed by atoms with Gasteiger partial charge in [-0.05, 0) is 61.4 Å². The Labute approximate surface area is 197 Å². The molecule has 0 amide bonds. The number of aromatic nitrogens is 3. The van der Waals surface area contributed by atoms with Gasteiger partial charge in [-0.15, -0.1) is 0 Å². The van der Waals surface area contributed by atoms with E-state index in [1.807, 2.05) is 35.2 Å². The molecule has 176 valence electrons. The van der Waals surface area contributed by atoms with Crippen molar-refractivity contribution < 1.29 is 8.78 Å². The highest BCUT2D eigenvalue weighted by Gasteiger charge is 2.71. The fraction of sp³-hybridized carbons (Fsp3) is 0.462.